The van der Waals surface area contributed by atoms with Crippen LogP contribution >= 0.6 is 0 Å². The molecule has 0 heterocycles. The third-order valence-electron chi connectivity index (χ3n) is 5.13. The number of aliphatic carboxylic acids is 1. The number of Topliss-reactive ketones (excluding diaryl/α,β-unsaturated/α-hetero) is 1. The molecule has 1 aliphatic rings. The number of aliphatic hydroxyl groups excluding tert-OH is 3. The molecule has 5 atom stereocenters. The van der Waals surface area contributed by atoms with Crippen molar-refractivity contribution >= 4 is 11.8 Å². The Morgan fingerprint density at radius 3 is 2.42 bits per heavy atom. The highest BCUT2D eigenvalue weighted by Crippen LogP contribution is 2.36. The number of unbranched alkanes of at least 4 members (excludes halogenated alkanes) is 3. The van der Waals surface area contributed by atoms with Gasteiger partial charge in [-0.25, -0.2) is 0 Å². The second-order valence-electron chi connectivity index (χ2n) is 7.40. The average molecular weight is 370 g/mol. The molecule has 0 aromatic rings. The smallest absolute Gasteiger partial charge is 0.303 e. The molecular weight excluding hydrogens is 336 g/mol. The second-order valence-corrected chi connectivity index (χ2v) is 7.40. The van der Waals surface area contributed by atoms with Crippen LogP contribution in [0.5, 0.6) is 0 Å². The quantitative estimate of drug-likeness (QED) is 0.292. The summed E-state index contributed by atoms with van der Waals surface area (Å²) >= 11 is 0. The number of carboxylic acids is 1. The molecule has 1 saturated carbocycles. The van der Waals surface area contributed by atoms with Gasteiger partial charge in [-0.15, -0.1) is 0 Å². The maximum Gasteiger partial charge on any atom is 0.303 e. The third-order valence-corrected chi connectivity index (χ3v) is 5.13. The van der Waals surface area contributed by atoms with E-state index in [0.717, 1.165) is 19.3 Å². The van der Waals surface area contributed by atoms with Crippen LogP contribution in [0.3, 0.4) is 0 Å². The first-order chi connectivity index (χ1) is 12.3. The van der Waals surface area contributed by atoms with E-state index in [9.17, 15) is 24.9 Å². The van der Waals surface area contributed by atoms with Gasteiger partial charge in [-0.1, -0.05) is 38.3 Å². The fourth-order valence-corrected chi connectivity index (χ4v) is 3.58. The highest BCUT2D eigenvalue weighted by molar-refractivity contribution is 5.78. The molecule has 6 nitrogen and oxygen atoms in total. The summed E-state index contributed by atoms with van der Waals surface area (Å²) in [6, 6.07) is 0. The zero-order chi connectivity index (χ0) is 19.5. The first-order valence-corrected chi connectivity index (χ1v) is 9.81. The summed E-state index contributed by atoms with van der Waals surface area (Å²) in [6.45, 7) is 2.10. The molecule has 150 valence electrons. The lowest BCUT2D eigenvalue weighted by Crippen LogP contribution is -2.24. The van der Waals surface area contributed by atoms with Gasteiger partial charge in [0.1, 0.15) is 5.78 Å². The first-order valence-electron chi connectivity index (χ1n) is 9.81. The van der Waals surface area contributed by atoms with Gasteiger partial charge in [-0.3, -0.25) is 9.59 Å². The lowest BCUT2D eigenvalue weighted by atomic mass is 9.87. The van der Waals surface area contributed by atoms with Gasteiger partial charge < -0.3 is 20.4 Å². The molecule has 0 radical (unpaired) electrons. The highest BCUT2D eigenvalue weighted by atomic mass is 16.4. The predicted molar refractivity (Wildman–Crippen MR) is 98.6 cm³/mol. The fourth-order valence-electron chi connectivity index (χ4n) is 3.58. The number of carbonyl (C=O) groups excluding carboxylic acids is 1. The van der Waals surface area contributed by atoms with Crippen molar-refractivity contribution in [2.24, 2.45) is 11.8 Å². The second kappa shape index (κ2) is 12.2. The molecule has 1 rings (SSSR count). The SMILES string of the molecule is CCCCCC(O)/C=C/[C@H]1C(O)CC(O)C1CC(=O)CCCCC(=O)O. The van der Waals surface area contributed by atoms with Crippen LogP contribution < -0.4 is 0 Å². The Labute approximate surface area is 155 Å². The van der Waals surface area contributed by atoms with Crippen LogP contribution in [0.15, 0.2) is 12.2 Å². The molecule has 0 aliphatic heterocycles. The van der Waals surface area contributed by atoms with Gasteiger partial charge >= 0.3 is 5.97 Å². The van der Waals surface area contributed by atoms with Crippen molar-refractivity contribution in [3.63, 3.8) is 0 Å². The summed E-state index contributed by atoms with van der Waals surface area (Å²) in [5.41, 5.74) is 0. The third kappa shape index (κ3) is 8.43. The van der Waals surface area contributed by atoms with E-state index in [-0.39, 0.29) is 36.9 Å². The molecule has 0 aromatic carbocycles. The number of hydrogen-bond acceptors (Lipinski definition) is 5. The topological polar surface area (TPSA) is 115 Å². The van der Waals surface area contributed by atoms with Gasteiger partial charge in [-0.05, 0) is 19.3 Å². The van der Waals surface area contributed by atoms with Crippen molar-refractivity contribution in [2.75, 3.05) is 0 Å². The standard InChI is InChI=1S/C20H34O6/c1-2-3-4-7-14(21)10-11-16-17(19(24)13-18(16)23)12-15(22)8-5-6-9-20(25)26/h10-11,14,16-19,21,23-24H,2-9,12-13H2,1H3,(H,25,26)/b11-10+/t14?,16-,17?,18?,19?/m1/s1. The largest absolute Gasteiger partial charge is 0.481 e. The minimum atomic E-state index is -0.866. The molecule has 26 heavy (non-hydrogen) atoms. The van der Waals surface area contributed by atoms with E-state index >= 15 is 0 Å². The highest BCUT2D eigenvalue weighted by Gasteiger charge is 2.41. The Balaban J connectivity index is 2.50. The van der Waals surface area contributed by atoms with Crippen molar-refractivity contribution in [3.8, 4) is 0 Å². The van der Waals surface area contributed by atoms with Crippen molar-refractivity contribution in [3.05, 3.63) is 12.2 Å². The summed E-state index contributed by atoms with van der Waals surface area (Å²) in [7, 11) is 0. The van der Waals surface area contributed by atoms with Gasteiger partial charge in [0.15, 0.2) is 0 Å². The summed E-state index contributed by atoms with van der Waals surface area (Å²) in [5, 5.41) is 39.0. The Morgan fingerprint density at radius 2 is 1.77 bits per heavy atom. The Hall–Kier alpha value is -1.24. The van der Waals surface area contributed by atoms with Crippen LogP contribution in [0, 0.1) is 11.8 Å². The zero-order valence-corrected chi connectivity index (χ0v) is 15.7. The number of carboxylic acid groups (broad SMARTS) is 1. The summed E-state index contributed by atoms with van der Waals surface area (Å²) < 4.78 is 0. The van der Waals surface area contributed by atoms with Crippen molar-refractivity contribution in [1.82, 2.24) is 0 Å². The van der Waals surface area contributed by atoms with Crippen molar-refractivity contribution in [2.45, 2.75) is 89.4 Å². The van der Waals surface area contributed by atoms with E-state index in [2.05, 4.69) is 6.92 Å². The van der Waals surface area contributed by atoms with Crippen LogP contribution in [-0.2, 0) is 9.59 Å². The molecular formula is C20H34O6. The molecule has 0 amide bonds. The maximum absolute atomic E-state index is 12.1. The van der Waals surface area contributed by atoms with E-state index in [4.69, 9.17) is 5.11 Å². The molecule has 6 heteroatoms. The molecule has 4 N–H and O–H groups in total. The Morgan fingerprint density at radius 1 is 1.08 bits per heavy atom. The normalized spacial score (nSPS) is 27.1. The maximum atomic E-state index is 12.1. The monoisotopic (exact) mass is 370 g/mol. The van der Waals surface area contributed by atoms with E-state index in [1.807, 2.05) is 0 Å². The molecule has 0 aromatic heterocycles. The van der Waals surface area contributed by atoms with Crippen LogP contribution in [0.1, 0.15) is 71.1 Å². The molecule has 1 aliphatic carbocycles. The number of hydrogen-bond donors (Lipinski definition) is 4. The van der Waals surface area contributed by atoms with Crippen LogP contribution in [-0.4, -0.2) is 50.5 Å². The minimum Gasteiger partial charge on any atom is -0.481 e. The Kier molecular flexibility index (Phi) is 10.7. The van der Waals surface area contributed by atoms with E-state index in [1.165, 1.54) is 0 Å². The van der Waals surface area contributed by atoms with E-state index < -0.39 is 24.3 Å². The molecule has 0 bridgehead atoms. The zero-order valence-electron chi connectivity index (χ0n) is 15.7. The summed E-state index contributed by atoms with van der Waals surface area (Å²) in [5.74, 6) is -1.57. The summed E-state index contributed by atoms with van der Waals surface area (Å²) in [6.07, 6.45) is 6.90. The summed E-state index contributed by atoms with van der Waals surface area (Å²) in [4.78, 5) is 22.6. The molecule has 1 fully saturated rings. The van der Waals surface area contributed by atoms with Gasteiger partial charge in [0, 0.05) is 37.5 Å². The van der Waals surface area contributed by atoms with E-state index in [0.29, 0.717) is 25.7 Å². The molecule has 0 saturated heterocycles. The number of carbonyl (C=O) groups is 2. The number of ketones is 1. The van der Waals surface area contributed by atoms with Crippen molar-refractivity contribution in [1.29, 1.82) is 0 Å². The Bertz CT molecular complexity index is 461. The number of rotatable bonds is 13. The van der Waals surface area contributed by atoms with Gasteiger partial charge in [-0.2, -0.15) is 0 Å². The van der Waals surface area contributed by atoms with Gasteiger partial charge in [0.2, 0.25) is 0 Å². The fraction of sp³-hybridized carbons (Fsp3) is 0.800. The lowest BCUT2D eigenvalue weighted by Gasteiger charge is -2.20. The van der Waals surface area contributed by atoms with Crippen LogP contribution in [0.2, 0.25) is 0 Å². The predicted octanol–water partition coefficient (Wildman–Crippen LogP) is 2.45. The van der Waals surface area contributed by atoms with E-state index in [1.54, 1.807) is 12.2 Å². The number of aliphatic hydroxyl groups is 3. The molecule has 0 spiro atoms. The van der Waals surface area contributed by atoms with Gasteiger partial charge in [0.05, 0.1) is 18.3 Å². The van der Waals surface area contributed by atoms with Crippen molar-refractivity contribution < 1.29 is 30.0 Å². The first kappa shape index (κ1) is 22.8. The van der Waals surface area contributed by atoms with Gasteiger partial charge in [0.25, 0.3) is 0 Å². The minimum absolute atomic E-state index is 0.0181. The van der Waals surface area contributed by atoms with Crippen LogP contribution in [0.25, 0.3) is 0 Å². The average Bonchev–Trinajstić information content (AvgIpc) is 2.83. The molecule has 4 unspecified atom stereocenters. The lowest BCUT2D eigenvalue weighted by molar-refractivity contribution is -0.137. The van der Waals surface area contributed by atoms with Crippen LogP contribution in [0.4, 0.5) is 0 Å².